The molecule has 1 unspecified atom stereocenters. The van der Waals surface area contributed by atoms with E-state index in [0.717, 1.165) is 70.6 Å². The fraction of sp³-hybridized carbons (Fsp3) is 0.800. The molecule has 6 nitrogen and oxygen atoms in total. The highest BCUT2D eigenvalue weighted by molar-refractivity contribution is 5.72. The lowest BCUT2D eigenvalue weighted by Crippen LogP contribution is -2.30. The summed E-state index contributed by atoms with van der Waals surface area (Å²) in [7, 11) is 0. The number of hydrogen-bond donors (Lipinski definition) is 0. The van der Waals surface area contributed by atoms with Crippen LogP contribution >= 0.6 is 0 Å². The van der Waals surface area contributed by atoms with Crippen LogP contribution in [0.25, 0.3) is 0 Å². The summed E-state index contributed by atoms with van der Waals surface area (Å²) in [5.74, 6) is -1.01. The monoisotopic (exact) mass is 993 g/mol. The van der Waals surface area contributed by atoms with E-state index in [2.05, 4.69) is 69.4 Å². The number of hydrogen-bond acceptors (Lipinski definition) is 6. The van der Waals surface area contributed by atoms with Crippen molar-refractivity contribution in [3.63, 3.8) is 0 Å². The second-order valence-corrected chi connectivity index (χ2v) is 20.6. The van der Waals surface area contributed by atoms with Gasteiger partial charge in [-0.15, -0.1) is 0 Å². The Hall–Kier alpha value is -2.89. The van der Waals surface area contributed by atoms with Gasteiger partial charge < -0.3 is 14.2 Å². The molecule has 6 heteroatoms. The highest BCUT2D eigenvalue weighted by atomic mass is 16.6. The third kappa shape index (κ3) is 57.9. The van der Waals surface area contributed by atoms with Crippen molar-refractivity contribution in [2.45, 2.75) is 322 Å². The number of carbonyl (C=O) groups is 3. The Bertz CT molecular complexity index is 1280. The summed E-state index contributed by atoms with van der Waals surface area (Å²) in [4.78, 5) is 38.2. The average molecular weight is 994 g/mol. The van der Waals surface area contributed by atoms with Crippen LogP contribution in [0.3, 0.4) is 0 Å². The van der Waals surface area contributed by atoms with Crippen molar-refractivity contribution in [2.75, 3.05) is 13.2 Å². The first-order chi connectivity index (χ1) is 35.0. The smallest absolute Gasteiger partial charge is 0.309 e. The van der Waals surface area contributed by atoms with E-state index in [4.69, 9.17) is 14.2 Å². The molecule has 0 bridgehead atoms. The van der Waals surface area contributed by atoms with Gasteiger partial charge in [-0.1, -0.05) is 313 Å². The summed E-state index contributed by atoms with van der Waals surface area (Å²) in [6.07, 6.45) is 75.4. The zero-order chi connectivity index (χ0) is 51.4. The van der Waals surface area contributed by atoms with Gasteiger partial charge >= 0.3 is 17.9 Å². The van der Waals surface area contributed by atoms with Crippen LogP contribution in [0.15, 0.2) is 60.8 Å². The van der Waals surface area contributed by atoms with Gasteiger partial charge in [0.15, 0.2) is 6.10 Å². The fourth-order valence-corrected chi connectivity index (χ4v) is 8.99. The third-order valence-electron chi connectivity index (χ3n) is 13.6. The topological polar surface area (TPSA) is 78.9 Å². The normalized spacial score (nSPS) is 12.4. The standard InChI is InChI=1S/C65H116O6/c1-4-7-10-13-16-19-22-25-28-30-32-34-37-40-43-46-49-52-55-58-64(67)70-61-62(60-69-63(66)57-54-51-48-45-42-39-36-27-24-21-18-15-12-9-6-3)71-65(68)59-56-53-50-47-44-41-38-35-33-31-29-26-23-20-17-14-11-8-5-2/h9,12,18,21,27,36,42,45,51,54,62H,4-8,10-11,13-17,19-20,22-26,28-35,37-41,43-44,46-50,52-53,55-61H2,1-3H3/b12-9-,21-18-,36-27-,45-42-,54-51-. The molecule has 0 rings (SSSR count). The Morgan fingerprint density at radius 2 is 0.549 bits per heavy atom. The minimum Gasteiger partial charge on any atom is -0.462 e. The number of esters is 3. The van der Waals surface area contributed by atoms with E-state index in [0.29, 0.717) is 12.8 Å². The molecule has 0 amide bonds. The van der Waals surface area contributed by atoms with Crippen molar-refractivity contribution in [1.82, 2.24) is 0 Å². The molecule has 1 atom stereocenters. The average Bonchev–Trinajstić information content (AvgIpc) is 3.37. The van der Waals surface area contributed by atoms with Gasteiger partial charge in [-0.25, -0.2) is 0 Å². The molecule has 0 radical (unpaired) electrons. The zero-order valence-electron chi connectivity index (χ0n) is 47.2. The van der Waals surface area contributed by atoms with Gasteiger partial charge in [0.1, 0.15) is 13.2 Å². The molecule has 0 aliphatic heterocycles. The maximum Gasteiger partial charge on any atom is 0.309 e. The summed E-state index contributed by atoms with van der Waals surface area (Å²) in [5, 5.41) is 0. The second kappa shape index (κ2) is 59.7. The summed E-state index contributed by atoms with van der Waals surface area (Å²) in [6.45, 7) is 6.49. The minimum atomic E-state index is -0.811. The van der Waals surface area contributed by atoms with Gasteiger partial charge in [-0.3, -0.25) is 14.4 Å². The first-order valence-corrected chi connectivity index (χ1v) is 30.8. The lowest BCUT2D eigenvalue weighted by molar-refractivity contribution is -0.166. The van der Waals surface area contributed by atoms with Crippen molar-refractivity contribution < 1.29 is 28.6 Å². The molecule has 0 N–H and O–H groups in total. The number of carbonyl (C=O) groups excluding carboxylic acids is 3. The maximum atomic E-state index is 12.9. The van der Waals surface area contributed by atoms with Crippen LogP contribution in [0.1, 0.15) is 316 Å². The number of ether oxygens (including phenoxy) is 3. The summed E-state index contributed by atoms with van der Waals surface area (Å²) in [5.41, 5.74) is 0. The number of unbranched alkanes of at least 4 members (excludes halogenated alkanes) is 36. The van der Waals surface area contributed by atoms with E-state index in [-0.39, 0.29) is 31.6 Å². The van der Waals surface area contributed by atoms with Gasteiger partial charge in [0.05, 0.1) is 6.42 Å². The van der Waals surface area contributed by atoms with Crippen molar-refractivity contribution in [2.24, 2.45) is 0 Å². The molecule has 0 saturated heterocycles. The van der Waals surface area contributed by atoms with Crippen LogP contribution in [-0.4, -0.2) is 37.2 Å². The molecule has 0 aliphatic rings. The van der Waals surface area contributed by atoms with Gasteiger partial charge in [0.25, 0.3) is 0 Å². The van der Waals surface area contributed by atoms with E-state index in [1.165, 1.54) is 205 Å². The molecule has 0 aromatic heterocycles. The quantitative estimate of drug-likeness (QED) is 0.0261. The van der Waals surface area contributed by atoms with E-state index in [9.17, 15) is 14.4 Å². The van der Waals surface area contributed by atoms with Gasteiger partial charge in [-0.2, -0.15) is 0 Å². The molecular weight excluding hydrogens is 877 g/mol. The molecule has 0 aromatic rings. The maximum absolute atomic E-state index is 12.9. The van der Waals surface area contributed by atoms with Crippen molar-refractivity contribution in [1.29, 1.82) is 0 Å². The summed E-state index contributed by atoms with van der Waals surface area (Å²) >= 11 is 0. The van der Waals surface area contributed by atoms with Crippen LogP contribution in [0.5, 0.6) is 0 Å². The Labute approximate surface area is 440 Å². The first kappa shape index (κ1) is 68.1. The number of allylic oxidation sites excluding steroid dienone is 9. The van der Waals surface area contributed by atoms with Crippen LogP contribution in [-0.2, 0) is 28.6 Å². The molecule has 0 heterocycles. The Morgan fingerprint density at radius 1 is 0.296 bits per heavy atom. The highest BCUT2D eigenvalue weighted by Gasteiger charge is 2.19. The van der Waals surface area contributed by atoms with Gasteiger partial charge in [-0.05, 0) is 44.9 Å². The second-order valence-electron chi connectivity index (χ2n) is 20.6. The van der Waals surface area contributed by atoms with Gasteiger partial charge in [0, 0.05) is 12.8 Å². The molecule has 71 heavy (non-hydrogen) atoms. The molecule has 0 spiro atoms. The lowest BCUT2D eigenvalue weighted by atomic mass is 10.0. The van der Waals surface area contributed by atoms with Crippen LogP contribution in [0, 0.1) is 0 Å². The van der Waals surface area contributed by atoms with E-state index in [1.807, 2.05) is 6.08 Å². The Kier molecular flexibility index (Phi) is 57.2. The Morgan fingerprint density at radius 3 is 0.859 bits per heavy atom. The van der Waals surface area contributed by atoms with Crippen molar-refractivity contribution >= 4 is 17.9 Å². The van der Waals surface area contributed by atoms with Crippen molar-refractivity contribution in [3.05, 3.63) is 60.8 Å². The predicted molar refractivity (Wildman–Crippen MR) is 307 cm³/mol. The van der Waals surface area contributed by atoms with E-state index >= 15 is 0 Å². The van der Waals surface area contributed by atoms with E-state index < -0.39 is 12.1 Å². The molecule has 0 aliphatic carbocycles. The first-order valence-electron chi connectivity index (χ1n) is 30.8. The fourth-order valence-electron chi connectivity index (χ4n) is 8.99. The Balaban J connectivity index is 4.40. The highest BCUT2D eigenvalue weighted by Crippen LogP contribution is 2.17. The third-order valence-corrected chi connectivity index (χ3v) is 13.6. The molecule has 0 saturated carbocycles. The molecular formula is C65H116O6. The van der Waals surface area contributed by atoms with Crippen LogP contribution in [0.4, 0.5) is 0 Å². The largest absolute Gasteiger partial charge is 0.462 e. The van der Waals surface area contributed by atoms with E-state index in [1.54, 1.807) is 6.08 Å². The minimum absolute atomic E-state index is 0.0994. The number of rotatable bonds is 56. The zero-order valence-corrected chi connectivity index (χ0v) is 47.2. The summed E-state index contributed by atoms with van der Waals surface area (Å²) in [6, 6.07) is 0. The van der Waals surface area contributed by atoms with Crippen molar-refractivity contribution in [3.8, 4) is 0 Å². The SMILES string of the molecule is CC/C=C\C/C=C\C/C=C\C/C=C\C/C=C\CC(=O)OCC(COC(=O)CCCCCCCCCCCCCCCCCCCCC)OC(=O)CCCCCCCCCCCCCCCCCCCCC. The molecule has 0 fully saturated rings. The lowest BCUT2D eigenvalue weighted by Gasteiger charge is -2.18. The van der Waals surface area contributed by atoms with Gasteiger partial charge in [0.2, 0.25) is 0 Å². The predicted octanol–water partition coefficient (Wildman–Crippen LogP) is 20.8. The van der Waals surface area contributed by atoms with Crippen LogP contribution < -0.4 is 0 Å². The molecule has 0 aromatic carbocycles. The van der Waals surface area contributed by atoms with Crippen LogP contribution in [0.2, 0.25) is 0 Å². The molecule has 412 valence electrons. The summed E-state index contributed by atoms with van der Waals surface area (Å²) < 4.78 is 16.8.